The summed E-state index contributed by atoms with van der Waals surface area (Å²) in [6, 6.07) is 13.8. The van der Waals surface area contributed by atoms with Gasteiger partial charge in [-0.05, 0) is 49.4 Å². The quantitative estimate of drug-likeness (QED) is 0.224. The summed E-state index contributed by atoms with van der Waals surface area (Å²) in [7, 11) is 0. The van der Waals surface area contributed by atoms with E-state index in [9.17, 15) is 9.65 Å². The summed E-state index contributed by atoms with van der Waals surface area (Å²) in [5.74, 6) is 0.207. The molecule has 10 heteroatoms. The summed E-state index contributed by atoms with van der Waals surface area (Å²) in [5.41, 5.74) is 5.22. The largest absolute Gasteiger partial charge is 0.379 e. The van der Waals surface area contributed by atoms with E-state index in [1.165, 1.54) is 18.3 Å². The van der Waals surface area contributed by atoms with Crippen molar-refractivity contribution < 1.29 is 4.39 Å². The first-order chi connectivity index (χ1) is 17.4. The Hall–Kier alpha value is -4.19. The Labute approximate surface area is 216 Å². The highest BCUT2D eigenvalue weighted by Gasteiger charge is 2.15. The van der Waals surface area contributed by atoms with Crippen LogP contribution in [0, 0.1) is 24.1 Å². The summed E-state index contributed by atoms with van der Waals surface area (Å²) >= 11 is 12.5. The van der Waals surface area contributed by atoms with Crippen LogP contribution in [-0.2, 0) is 6.54 Å². The number of nitrogens with zero attached hydrogens (tertiary/aromatic N) is 4. The van der Waals surface area contributed by atoms with Gasteiger partial charge < -0.3 is 15.6 Å². The second kappa shape index (κ2) is 9.82. The fourth-order valence-corrected chi connectivity index (χ4v) is 4.24. The zero-order valence-electron chi connectivity index (χ0n) is 18.9. The van der Waals surface area contributed by atoms with Crippen LogP contribution in [-0.4, -0.2) is 19.9 Å². The number of pyridine rings is 2. The first-order valence-corrected chi connectivity index (χ1v) is 11.6. The van der Waals surface area contributed by atoms with E-state index in [0.717, 1.165) is 28.5 Å². The second-order valence-electron chi connectivity index (χ2n) is 8.02. The Balaban J connectivity index is 1.48. The first-order valence-electron chi connectivity index (χ1n) is 10.9. The molecule has 5 rings (SSSR count). The van der Waals surface area contributed by atoms with E-state index >= 15 is 0 Å². The molecule has 0 saturated carbocycles. The van der Waals surface area contributed by atoms with Crippen LogP contribution in [0.1, 0.15) is 17.0 Å². The Bertz CT molecular complexity index is 1630. The average molecular weight is 518 g/mol. The number of H-pyrrole nitrogens is 1. The molecule has 7 nitrogen and oxygen atoms in total. The molecule has 0 aliphatic rings. The number of aromatic amines is 1. The summed E-state index contributed by atoms with van der Waals surface area (Å²) < 4.78 is 13.6. The van der Waals surface area contributed by atoms with E-state index in [1.54, 1.807) is 24.5 Å². The molecule has 3 aromatic heterocycles. The second-order valence-corrected chi connectivity index (χ2v) is 8.83. The van der Waals surface area contributed by atoms with Crippen molar-refractivity contribution in [3.63, 3.8) is 0 Å². The average Bonchev–Trinajstić information content (AvgIpc) is 3.26. The number of nitriles is 1. The van der Waals surface area contributed by atoms with Crippen LogP contribution < -0.4 is 10.6 Å². The van der Waals surface area contributed by atoms with Crippen molar-refractivity contribution >= 4 is 51.2 Å². The van der Waals surface area contributed by atoms with E-state index in [2.05, 4.69) is 31.7 Å². The molecule has 0 saturated heterocycles. The minimum absolute atomic E-state index is 0.0303. The van der Waals surface area contributed by atoms with Crippen LogP contribution in [0.2, 0.25) is 10.0 Å². The zero-order chi connectivity index (χ0) is 25.2. The summed E-state index contributed by atoms with van der Waals surface area (Å²) in [5, 5.41) is 17.2. The molecule has 5 aromatic rings. The molecule has 0 bridgehead atoms. The van der Waals surface area contributed by atoms with Gasteiger partial charge in [0.2, 0.25) is 0 Å². The fourth-order valence-electron chi connectivity index (χ4n) is 3.79. The Kier molecular flexibility index (Phi) is 6.42. The van der Waals surface area contributed by atoms with Crippen molar-refractivity contribution in [2.75, 3.05) is 10.6 Å². The standard InChI is InChI=1S/C26H18Cl2FN7/c1-14-23(36-26(34-14)15-3-2-6-31-11-15)13-32-18-7-19-24(35-17-4-5-22(29)20(27)8-17)16(10-30)12-33-25(19)21(28)9-18/h2-9,11-12,32H,13H2,1H3,(H,33,35)(H,34,36). The van der Waals surface area contributed by atoms with Gasteiger partial charge in [-0.2, -0.15) is 5.26 Å². The van der Waals surface area contributed by atoms with Crippen LogP contribution >= 0.6 is 23.2 Å². The number of halogens is 3. The van der Waals surface area contributed by atoms with Crippen molar-refractivity contribution in [1.29, 1.82) is 5.26 Å². The van der Waals surface area contributed by atoms with Crippen molar-refractivity contribution in [3.05, 3.63) is 93.9 Å². The van der Waals surface area contributed by atoms with E-state index in [4.69, 9.17) is 28.2 Å². The van der Waals surface area contributed by atoms with Crippen molar-refractivity contribution in [1.82, 2.24) is 19.9 Å². The van der Waals surface area contributed by atoms with Crippen LogP contribution in [0.3, 0.4) is 0 Å². The Morgan fingerprint density at radius 3 is 2.67 bits per heavy atom. The van der Waals surface area contributed by atoms with Gasteiger partial charge in [-0.3, -0.25) is 9.97 Å². The van der Waals surface area contributed by atoms with Crippen molar-refractivity contribution in [2.45, 2.75) is 13.5 Å². The number of rotatable bonds is 6. The molecule has 3 N–H and O–H groups in total. The predicted octanol–water partition coefficient (Wildman–Crippen LogP) is 7.00. The van der Waals surface area contributed by atoms with Gasteiger partial charge in [0.05, 0.1) is 39.1 Å². The summed E-state index contributed by atoms with van der Waals surface area (Å²) in [6.45, 7) is 2.39. The molecular weight excluding hydrogens is 500 g/mol. The van der Waals surface area contributed by atoms with E-state index in [-0.39, 0.29) is 5.02 Å². The predicted molar refractivity (Wildman–Crippen MR) is 140 cm³/mol. The SMILES string of the molecule is Cc1[nH]c(-c2cccnc2)nc1CNc1cc(Cl)c2ncc(C#N)c(Nc3ccc(F)c(Cl)c3)c2c1. The Morgan fingerprint density at radius 1 is 1.08 bits per heavy atom. The minimum atomic E-state index is -0.530. The van der Waals surface area contributed by atoms with E-state index in [1.807, 2.05) is 25.1 Å². The highest BCUT2D eigenvalue weighted by atomic mass is 35.5. The number of fused-ring (bicyclic) bond motifs is 1. The molecule has 3 heterocycles. The number of aryl methyl sites for hydroxylation is 1. The monoisotopic (exact) mass is 517 g/mol. The van der Waals surface area contributed by atoms with Crippen molar-refractivity contribution in [2.24, 2.45) is 0 Å². The molecule has 2 aromatic carbocycles. The molecule has 0 unspecified atom stereocenters. The molecule has 36 heavy (non-hydrogen) atoms. The lowest BCUT2D eigenvalue weighted by atomic mass is 10.1. The molecular formula is C26H18Cl2FN7. The van der Waals surface area contributed by atoms with Crippen LogP contribution in [0.4, 0.5) is 21.5 Å². The molecule has 0 fully saturated rings. The first kappa shape index (κ1) is 23.5. The van der Waals surface area contributed by atoms with Gasteiger partial charge in [0.25, 0.3) is 0 Å². The normalized spacial score (nSPS) is 10.9. The molecule has 0 amide bonds. The van der Waals surface area contributed by atoms with Crippen LogP contribution in [0.5, 0.6) is 0 Å². The highest BCUT2D eigenvalue weighted by Crippen LogP contribution is 2.35. The lowest BCUT2D eigenvalue weighted by Crippen LogP contribution is -2.03. The Morgan fingerprint density at radius 2 is 1.92 bits per heavy atom. The lowest BCUT2D eigenvalue weighted by Gasteiger charge is -2.14. The van der Waals surface area contributed by atoms with Gasteiger partial charge in [0.15, 0.2) is 0 Å². The topological polar surface area (TPSA) is 102 Å². The number of imidazole rings is 1. The number of nitrogens with one attached hydrogen (secondary N) is 3. The number of aromatic nitrogens is 4. The maximum atomic E-state index is 13.6. The third kappa shape index (κ3) is 4.67. The fraction of sp³-hybridized carbons (Fsp3) is 0.0769. The zero-order valence-corrected chi connectivity index (χ0v) is 20.4. The maximum Gasteiger partial charge on any atom is 0.141 e. The van der Waals surface area contributed by atoms with E-state index < -0.39 is 5.82 Å². The van der Waals surface area contributed by atoms with Gasteiger partial charge in [-0.15, -0.1) is 0 Å². The van der Waals surface area contributed by atoms with Gasteiger partial charge in [0, 0.05) is 46.6 Å². The molecule has 178 valence electrons. The van der Waals surface area contributed by atoms with Gasteiger partial charge in [-0.25, -0.2) is 9.37 Å². The molecule has 0 aliphatic carbocycles. The van der Waals surface area contributed by atoms with Crippen LogP contribution in [0.15, 0.2) is 61.1 Å². The van der Waals surface area contributed by atoms with Gasteiger partial charge in [0.1, 0.15) is 17.7 Å². The number of hydrogen-bond donors (Lipinski definition) is 3. The molecule has 0 atom stereocenters. The van der Waals surface area contributed by atoms with Crippen LogP contribution in [0.25, 0.3) is 22.3 Å². The lowest BCUT2D eigenvalue weighted by molar-refractivity contribution is 0.628. The number of hydrogen-bond acceptors (Lipinski definition) is 6. The van der Waals surface area contributed by atoms with Crippen molar-refractivity contribution in [3.8, 4) is 17.5 Å². The highest BCUT2D eigenvalue weighted by molar-refractivity contribution is 6.36. The minimum Gasteiger partial charge on any atom is -0.379 e. The number of anilines is 3. The van der Waals surface area contributed by atoms with Gasteiger partial charge in [-0.1, -0.05) is 23.2 Å². The third-order valence-electron chi connectivity index (χ3n) is 5.61. The number of benzene rings is 2. The maximum absolute atomic E-state index is 13.6. The molecule has 0 spiro atoms. The van der Waals surface area contributed by atoms with E-state index in [0.29, 0.717) is 39.4 Å². The summed E-state index contributed by atoms with van der Waals surface area (Å²) in [6.07, 6.45) is 4.91. The summed E-state index contributed by atoms with van der Waals surface area (Å²) in [4.78, 5) is 16.5. The molecule has 0 aliphatic heterocycles. The smallest absolute Gasteiger partial charge is 0.141 e. The molecule has 0 radical (unpaired) electrons. The third-order valence-corrected chi connectivity index (χ3v) is 6.19. The van der Waals surface area contributed by atoms with Gasteiger partial charge >= 0.3 is 0 Å².